The monoisotopic (exact) mass is 377 g/mol. The van der Waals surface area contributed by atoms with Crippen molar-refractivity contribution in [2.75, 3.05) is 12.4 Å². The number of benzene rings is 1. The van der Waals surface area contributed by atoms with Crippen molar-refractivity contribution in [1.29, 1.82) is 10.5 Å². The largest absolute Gasteiger partial charge is 0.497 e. The van der Waals surface area contributed by atoms with Crippen LogP contribution in [0, 0.1) is 28.6 Å². The molecule has 1 aliphatic carbocycles. The number of nitriles is 2. The molecule has 0 saturated carbocycles. The number of amides is 1. The predicted molar refractivity (Wildman–Crippen MR) is 105 cm³/mol. The summed E-state index contributed by atoms with van der Waals surface area (Å²) in [5.74, 6) is 0.777. The summed E-state index contributed by atoms with van der Waals surface area (Å²) in [6.45, 7) is 2.19. The first-order valence-corrected chi connectivity index (χ1v) is 9.49. The molecule has 5 nitrogen and oxygen atoms in total. The van der Waals surface area contributed by atoms with Gasteiger partial charge in [0.25, 0.3) is 5.91 Å². The summed E-state index contributed by atoms with van der Waals surface area (Å²) in [7, 11) is 1.58. The summed E-state index contributed by atoms with van der Waals surface area (Å²) in [6, 6.07) is 11.2. The second-order valence-corrected chi connectivity index (χ2v) is 7.67. The Morgan fingerprint density at radius 3 is 2.70 bits per heavy atom. The number of anilines is 1. The Kier molecular flexibility index (Phi) is 5.59. The van der Waals surface area contributed by atoms with Crippen molar-refractivity contribution in [1.82, 2.24) is 0 Å². The Labute approximate surface area is 162 Å². The van der Waals surface area contributed by atoms with E-state index in [1.807, 2.05) is 6.07 Å². The van der Waals surface area contributed by atoms with Gasteiger partial charge in [0, 0.05) is 4.88 Å². The standard InChI is InChI=1S/C21H19N3O2S/c1-13-3-8-17-18(12-23)21(27-19(17)9-13)24-20(25)15(11-22)10-14-4-6-16(26-2)7-5-14/h4-7,10,13H,3,8-9H2,1-2H3,(H,24,25). The Morgan fingerprint density at radius 1 is 1.33 bits per heavy atom. The van der Waals surface area contributed by atoms with E-state index in [2.05, 4.69) is 18.3 Å². The van der Waals surface area contributed by atoms with Gasteiger partial charge in [0.2, 0.25) is 0 Å². The molecule has 0 saturated heterocycles. The Bertz CT molecular complexity index is 975. The van der Waals surface area contributed by atoms with Gasteiger partial charge in [0.05, 0.1) is 12.7 Å². The lowest BCUT2D eigenvalue weighted by Gasteiger charge is -2.17. The Balaban J connectivity index is 1.84. The Morgan fingerprint density at radius 2 is 2.07 bits per heavy atom. The summed E-state index contributed by atoms with van der Waals surface area (Å²) in [6.07, 6.45) is 4.36. The lowest BCUT2D eigenvalue weighted by atomic mass is 9.88. The molecule has 27 heavy (non-hydrogen) atoms. The van der Waals surface area contributed by atoms with Gasteiger partial charge in [-0.3, -0.25) is 4.79 Å². The molecular formula is C21H19N3O2S. The molecule has 0 fully saturated rings. The van der Waals surface area contributed by atoms with E-state index in [1.54, 1.807) is 31.4 Å². The fourth-order valence-electron chi connectivity index (χ4n) is 3.14. The third kappa shape index (κ3) is 4.02. The molecule has 0 bridgehead atoms. The van der Waals surface area contributed by atoms with Gasteiger partial charge >= 0.3 is 0 Å². The fourth-order valence-corrected chi connectivity index (χ4v) is 4.50. The highest BCUT2D eigenvalue weighted by Crippen LogP contribution is 2.39. The van der Waals surface area contributed by atoms with Crippen LogP contribution in [-0.4, -0.2) is 13.0 Å². The zero-order valence-corrected chi connectivity index (χ0v) is 16.0. The summed E-state index contributed by atoms with van der Waals surface area (Å²) < 4.78 is 5.11. The van der Waals surface area contributed by atoms with Gasteiger partial charge in [-0.25, -0.2) is 0 Å². The van der Waals surface area contributed by atoms with Gasteiger partial charge in [0.1, 0.15) is 28.5 Å². The van der Waals surface area contributed by atoms with Crippen LogP contribution in [-0.2, 0) is 17.6 Å². The molecule has 136 valence electrons. The fraction of sp³-hybridized carbons (Fsp3) is 0.286. The van der Waals surface area contributed by atoms with Gasteiger partial charge in [-0.1, -0.05) is 19.1 Å². The van der Waals surface area contributed by atoms with Crippen LogP contribution in [0.15, 0.2) is 29.8 Å². The van der Waals surface area contributed by atoms with Crippen molar-refractivity contribution < 1.29 is 9.53 Å². The number of nitrogens with one attached hydrogen (secondary N) is 1. The lowest BCUT2D eigenvalue weighted by Crippen LogP contribution is -2.13. The predicted octanol–water partition coefficient (Wildman–Crippen LogP) is 4.30. The zero-order chi connectivity index (χ0) is 19.4. The normalized spacial score (nSPS) is 16.0. The topological polar surface area (TPSA) is 85.9 Å². The molecule has 6 heteroatoms. The average Bonchev–Trinajstić information content (AvgIpc) is 3.02. The van der Waals surface area contributed by atoms with Crippen molar-refractivity contribution in [3.8, 4) is 17.9 Å². The van der Waals surface area contributed by atoms with Crippen LogP contribution in [0.5, 0.6) is 5.75 Å². The number of carbonyl (C=O) groups is 1. The number of methoxy groups -OCH3 is 1. The highest BCUT2D eigenvalue weighted by molar-refractivity contribution is 7.16. The second-order valence-electron chi connectivity index (χ2n) is 6.56. The van der Waals surface area contributed by atoms with Crippen molar-refractivity contribution in [3.05, 3.63) is 51.4 Å². The van der Waals surface area contributed by atoms with E-state index in [9.17, 15) is 15.3 Å². The number of ether oxygens (including phenoxy) is 1. The van der Waals surface area contributed by atoms with Crippen LogP contribution in [0.3, 0.4) is 0 Å². The minimum Gasteiger partial charge on any atom is -0.497 e. The number of rotatable bonds is 4. The van der Waals surface area contributed by atoms with Gasteiger partial charge in [-0.05, 0) is 54.5 Å². The number of thiophene rings is 1. The molecule has 0 aliphatic heterocycles. The number of hydrogen-bond acceptors (Lipinski definition) is 5. The highest BCUT2D eigenvalue weighted by Gasteiger charge is 2.25. The van der Waals surface area contributed by atoms with Crippen molar-refractivity contribution in [2.24, 2.45) is 5.92 Å². The molecule has 1 atom stereocenters. The van der Waals surface area contributed by atoms with E-state index in [-0.39, 0.29) is 5.57 Å². The highest BCUT2D eigenvalue weighted by atomic mass is 32.1. The minimum atomic E-state index is -0.503. The van der Waals surface area contributed by atoms with E-state index in [1.165, 1.54) is 22.3 Å². The molecule has 0 radical (unpaired) electrons. The summed E-state index contributed by atoms with van der Waals surface area (Å²) in [4.78, 5) is 13.8. The van der Waals surface area contributed by atoms with Crippen LogP contribution in [0.1, 0.15) is 34.9 Å². The van der Waals surface area contributed by atoms with Crippen LogP contribution < -0.4 is 10.1 Å². The number of fused-ring (bicyclic) bond motifs is 1. The summed E-state index contributed by atoms with van der Waals surface area (Å²) in [5, 5.41) is 22.2. The molecule has 1 aromatic heterocycles. The number of nitrogens with zero attached hydrogens (tertiary/aromatic N) is 2. The van der Waals surface area contributed by atoms with E-state index in [0.29, 0.717) is 22.2 Å². The summed E-state index contributed by atoms with van der Waals surface area (Å²) in [5.41, 5.74) is 2.30. The van der Waals surface area contributed by atoms with Gasteiger partial charge in [-0.2, -0.15) is 10.5 Å². The van der Waals surface area contributed by atoms with Crippen LogP contribution in [0.2, 0.25) is 0 Å². The molecule has 0 spiro atoms. The lowest BCUT2D eigenvalue weighted by molar-refractivity contribution is -0.112. The Hall–Kier alpha value is -3.09. The molecule has 1 unspecified atom stereocenters. The van der Waals surface area contributed by atoms with Crippen LogP contribution in [0.4, 0.5) is 5.00 Å². The quantitative estimate of drug-likeness (QED) is 0.636. The molecule has 3 rings (SSSR count). The first kappa shape index (κ1) is 18.7. The van der Waals surface area contributed by atoms with Gasteiger partial charge < -0.3 is 10.1 Å². The molecule has 1 aliphatic rings. The van der Waals surface area contributed by atoms with Crippen LogP contribution in [0.25, 0.3) is 6.08 Å². The molecular weight excluding hydrogens is 358 g/mol. The third-order valence-corrected chi connectivity index (χ3v) is 5.81. The second kappa shape index (κ2) is 8.07. The zero-order valence-electron chi connectivity index (χ0n) is 15.2. The van der Waals surface area contributed by atoms with E-state index >= 15 is 0 Å². The first-order chi connectivity index (χ1) is 13.0. The SMILES string of the molecule is COc1ccc(C=C(C#N)C(=O)Nc2sc3c(c2C#N)CCC(C)C3)cc1. The maximum atomic E-state index is 12.6. The summed E-state index contributed by atoms with van der Waals surface area (Å²) >= 11 is 1.45. The maximum absolute atomic E-state index is 12.6. The smallest absolute Gasteiger partial charge is 0.266 e. The first-order valence-electron chi connectivity index (χ1n) is 8.67. The van der Waals surface area contributed by atoms with E-state index < -0.39 is 5.91 Å². The van der Waals surface area contributed by atoms with Crippen LogP contribution >= 0.6 is 11.3 Å². The van der Waals surface area contributed by atoms with E-state index in [4.69, 9.17) is 4.74 Å². The van der Waals surface area contributed by atoms with Gasteiger partial charge in [0.15, 0.2) is 0 Å². The van der Waals surface area contributed by atoms with Gasteiger partial charge in [-0.15, -0.1) is 11.3 Å². The number of hydrogen-bond donors (Lipinski definition) is 1. The van der Waals surface area contributed by atoms with Crippen molar-refractivity contribution in [3.63, 3.8) is 0 Å². The average molecular weight is 377 g/mol. The molecule has 1 amide bonds. The molecule has 1 aromatic carbocycles. The molecule has 1 heterocycles. The number of carbonyl (C=O) groups excluding carboxylic acids is 1. The molecule has 2 aromatic rings. The van der Waals surface area contributed by atoms with E-state index in [0.717, 1.165) is 30.4 Å². The van der Waals surface area contributed by atoms with Crippen molar-refractivity contribution >= 4 is 28.3 Å². The maximum Gasteiger partial charge on any atom is 0.266 e. The molecule has 1 N–H and O–H groups in total. The minimum absolute atomic E-state index is 0.0104. The third-order valence-electron chi connectivity index (χ3n) is 4.64. The van der Waals surface area contributed by atoms with Crippen molar-refractivity contribution in [2.45, 2.75) is 26.2 Å².